The normalized spacial score (nSPS) is 11.1. The summed E-state index contributed by atoms with van der Waals surface area (Å²) in [5.41, 5.74) is 4.42. The monoisotopic (exact) mass is 256 g/mol. The van der Waals surface area contributed by atoms with Crippen molar-refractivity contribution in [2.75, 3.05) is 5.43 Å². The Morgan fingerprint density at radius 1 is 1.26 bits per heavy atom. The van der Waals surface area contributed by atoms with Gasteiger partial charge >= 0.3 is 0 Å². The molecule has 1 aromatic carbocycles. The molecular formula is C13H12N4O2. The van der Waals surface area contributed by atoms with Crippen LogP contribution < -0.4 is 5.43 Å². The van der Waals surface area contributed by atoms with Crippen molar-refractivity contribution in [2.24, 2.45) is 5.10 Å². The van der Waals surface area contributed by atoms with E-state index in [9.17, 15) is 10.1 Å². The first kappa shape index (κ1) is 12.7. The number of nitro benzene ring substituents is 1. The van der Waals surface area contributed by atoms with Gasteiger partial charge < -0.3 is 0 Å². The number of anilines is 1. The molecule has 0 saturated heterocycles. The van der Waals surface area contributed by atoms with Crippen molar-refractivity contribution in [1.29, 1.82) is 0 Å². The maximum absolute atomic E-state index is 10.5. The van der Waals surface area contributed by atoms with E-state index in [4.69, 9.17) is 0 Å². The number of pyridine rings is 1. The largest absolute Gasteiger partial charge is 0.269 e. The van der Waals surface area contributed by atoms with Gasteiger partial charge in [0, 0.05) is 18.3 Å². The molecular weight excluding hydrogens is 244 g/mol. The molecule has 0 aliphatic carbocycles. The average Bonchev–Trinajstić information content (AvgIpc) is 2.46. The lowest BCUT2D eigenvalue weighted by Gasteiger charge is -2.02. The summed E-state index contributed by atoms with van der Waals surface area (Å²) in [5.74, 6) is 0.642. The third kappa shape index (κ3) is 3.35. The van der Waals surface area contributed by atoms with Crippen molar-refractivity contribution >= 4 is 17.2 Å². The van der Waals surface area contributed by atoms with E-state index in [1.165, 1.54) is 12.1 Å². The van der Waals surface area contributed by atoms with Crippen LogP contribution in [0.4, 0.5) is 11.5 Å². The van der Waals surface area contributed by atoms with Gasteiger partial charge in [-0.15, -0.1) is 0 Å². The second kappa shape index (κ2) is 5.72. The van der Waals surface area contributed by atoms with Gasteiger partial charge in [-0.2, -0.15) is 5.10 Å². The summed E-state index contributed by atoms with van der Waals surface area (Å²) < 4.78 is 0. The van der Waals surface area contributed by atoms with Crippen LogP contribution in [-0.2, 0) is 0 Å². The molecule has 0 radical (unpaired) electrons. The molecule has 0 unspecified atom stereocenters. The summed E-state index contributed by atoms with van der Waals surface area (Å²) in [4.78, 5) is 14.2. The lowest BCUT2D eigenvalue weighted by Crippen LogP contribution is -2.00. The van der Waals surface area contributed by atoms with Crippen molar-refractivity contribution in [2.45, 2.75) is 6.92 Å². The van der Waals surface area contributed by atoms with Gasteiger partial charge in [0.2, 0.25) is 0 Å². The van der Waals surface area contributed by atoms with Crippen LogP contribution in [0.3, 0.4) is 0 Å². The molecule has 2 aromatic rings. The van der Waals surface area contributed by atoms with Crippen LogP contribution >= 0.6 is 0 Å². The Labute approximate surface area is 110 Å². The van der Waals surface area contributed by atoms with Gasteiger partial charge in [0.1, 0.15) is 5.82 Å². The fourth-order valence-electron chi connectivity index (χ4n) is 1.46. The van der Waals surface area contributed by atoms with Crippen LogP contribution in [-0.4, -0.2) is 15.6 Å². The highest BCUT2D eigenvalue weighted by Crippen LogP contribution is 2.12. The summed E-state index contributed by atoms with van der Waals surface area (Å²) in [6.07, 6.45) is 1.67. The fourth-order valence-corrected chi connectivity index (χ4v) is 1.46. The highest BCUT2D eigenvalue weighted by Gasteiger charge is 2.05. The van der Waals surface area contributed by atoms with E-state index in [1.54, 1.807) is 24.4 Å². The first-order valence-corrected chi connectivity index (χ1v) is 5.63. The van der Waals surface area contributed by atoms with Crippen LogP contribution in [0, 0.1) is 10.1 Å². The van der Waals surface area contributed by atoms with E-state index in [0.29, 0.717) is 5.82 Å². The standard InChI is InChI=1S/C13H12N4O2/c1-10(15-16-13-4-2-3-9-14-13)11-5-7-12(8-6-11)17(18)19/h2-9H,1H3,(H,14,16). The second-order valence-corrected chi connectivity index (χ2v) is 3.83. The minimum Gasteiger partial charge on any atom is -0.261 e. The number of aromatic nitrogens is 1. The minimum absolute atomic E-state index is 0.0641. The van der Waals surface area contributed by atoms with E-state index in [2.05, 4.69) is 15.5 Å². The highest BCUT2D eigenvalue weighted by atomic mass is 16.6. The molecule has 0 fully saturated rings. The zero-order valence-electron chi connectivity index (χ0n) is 10.3. The molecule has 0 spiro atoms. The van der Waals surface area contributed by atoms with E-state index in [0.717, 1.165) is 11.3 Å². The van der Waals surface area contributed by atoms with Crippen molar-refractivity contribution in [3.05, 3.63) is 64.3 Å². The summed E-state index contributed by atoms with van der Waals surface area (Å²) >= 11 is 0. The van der Waals surface area contributed by atoms with E-state index in [-0.39, 0.29) is 5.69 Å². The summed E-state index contributed by atoms with van der Waals surface area (Å²) in [6.45, 7) is 1.82. The predicted octanol–water partition coefficient (Wildman–Crippen LogP) is 2.83. The number of nitrogens with zero attached hydrogens (tertiary/aromatic N) is 3. The summed E-state index contributed by atoms with van der Waals surface area (Å²) in [7, 11) is 0. The van der Waals surface area contributed by atoms with Gasteiger partial charge in [0.05, 0.1) is 10.6 Å². The molecule has 1 heterocycles. The van der Waals surface area contributed by atoms with Gasteiger partial charge in [-0.3, -0.25) is 15.5 Å². The molecule has 0 saturated carbocycles. The summed E-state index contributed by atoms with van der Waals surface area (Å²) in [6, 6.07) is 11.7. The van der Waals surface area contributed by atoms with Gasteiger partial charge in [0.25, 0.3) is 5.69 Å². The predicted molar refractivity (Wildman–Crippen MR) is 73.2 cm³/mol. The third-order valence-electron chi connectivity index (χ3n) is 2.50. The first-order chi connectivity index (χ1) is 9.16. The van der Waals surface area contributed by atoms with E-state index >= 15 is 0 Å². The molecule has 96 valence electrons. The van der Waals surface area contributed by atoms with Crippen LogP contribution in [0.5, 0.6) is 0 Å². The number of nitrogens with one attached hydrogen (secondary N) is 1. The van der Waals surface area contributed by atoms with Crippen molar-refractivity contribution < 1.29 is 4.92 Å². The zero-order valence-corrected chi connectivity index (χ0v) is 10.3. The average molecular weight is 256 g/mol. The fraction of sp³-hybridized carbons (Fsp3) is 0.0769. The van der Waals surface area contributed by atoms with Crippen molar-refractivity contribution in [3.63, 3.8) is 0 Å². The van der Waals surface area contributed by atoms with E-state index in [1.807, 2.05) is 19.1 Å². The number of hydrogen-bond donors (Lipinski definition) is 1. The molecule has 2 rings (SSSR count). The van der Waals surface area contributed by atoms with Gasteiger partial charge in [-0.05, 0) is 36.8 Å². The molecule has 19 heavy (non-hydrogen) atoms. The Morgan fingerprint density at radius 3 is 2.58 bits per heavy atom. The molecule has 0 atom stereocenters. The lowest BCUT2D eigenvalue weighted by atomic mass is 10.1. The molecule has 6 nitrogen and oxygen atoms in total. The quantitative estimate of drug-likeness (QED) is 0.518. The Hall–Kier alpha value is -2.76. The second-order valence-electron chi connectivity index (χ2n) is 3.83. The maximum Gasteiger partial charge on any atom is 0.269 e. The summed E-state index contributed by atoms with van der Waals surface area (Å²) in [5, 5.41) is 14.7. The Bertz CT molecular complexity index is 594. The first-order valence-electron chi connectivity index (χ1n) is 5.63. The Morgan fingerprint density at radius 2 is 2.00 bits per heavy atom. The van der Waals surface area contributed by atoms with Crippen molar-refractivity contribution in [3.8, 4) is 0 Å². The lowest BCUT2D eigenvalue weighted by molar-refractivity contribution is -0.384. The Balaban J connectivity index is 2.10. The molecule has 0 aliphatic rings. The van der Waals surface area contributed by atoms with Crippen LogP contribution in [0.15, 0.2) is 53.8 Å². The van der Waals surface area contributed by atoms with Crippen LogP contribution in [0.1, 0.15) is 12.5 Å². The molecule has 1 N–H and O–H groups in total. The highest BCUT2D eigenvalue weighted by molar-refractivity contribution is 5.99. The molecule has 1 aromatic heterocycles. The van der Waals surface area contributed by atoms with Gasteiger partial charge in [-0.1, -0.05) is 6.07 Å². The molecule has 0 aliphatic heterocycles. The van der Waals surface area contributed by atoms with Crippen LogP contribution in [0.2, 0.25) is 0 Å². The topological polar surface area (TPSA) is 80.4 Å². The van der Waals surface area contributed by atoms with E-state index < -0.39 is 4.92 Å². The zero-order chi connectivity index (χ0) is 13.7. The Kier molecular flexibility index (Phi) is 3.82. The number of non-ortho nitro benzene ring substituents is 1. The molecule has 0 amide bonds. The maximum atomic E-state index is 10.5. The van der Waals surface area contributed by atoms with Gasteiger partial charge in [-0.25, -0.2) is 4.98 Å². The minimum atomic E-state index is -0.428. The third-order valence-corrected chi connectivity index (χ3v) is 2.50. The molecule has 0 bridgehead atoms. The van der Waals surface area contributed by atoms with Crippen molar-refractivity contribution in [1.82, 2.24) is 4.98 Å². The van der Waals surface area contributed by atoms with Crippen LogP contribution in [0.25, 0.3) is 0 Å². The molecule has 6 heteroatoms. The number of benzene rings is 1. The smallest absolute Gasteiger partial charge is 0.261 e. The number of hydrogen-bond acceptors (Lipinski definition) is 5. The van der Waals surface area contributed by atoms with Gasteiger partial charge in [0.15, 0.2) is 0 Å². The number of rotatable bonds is 4. The SMILES string of the molecule is CC(=NNc1ccccn1)c1ccc([N+](=O)[O-])cc1. The number of nitro groups is 1. The number of hydrazone groups is 1.